The number of likely N-dealkylation sites (tertiary alicyclic amines) is 2. The first-order valence-electron chi connectivity index (χ1n) is 18.2. The van der Waals surface area contributed by atoms with Crippen molar-refractivity contribution < 1.29 is 28.7 Å². The SMILES string of the molecule is COC(=O)N[C@H](C(=O)N1CCC[C@H]1c1ncc(-c2ccc(-c3ncc(-c4cnc([C@@H]5CCCN5C(=O)[C@@H](OC(N)=O)C5CC5)[nH]4)cn3)cc2)[nH]1)C1CC1. The zero-order valence-corrected chi connectivity index (χ0v) is 29.4. The molecule has 2 aliphatic heterocycles. The van der Waals surface area contributed by atoms with E-state index in [4.69, 9.17) is 15.2 Å². The molecule has 1 aromatic carbocycles. The van der Waals surface area contributed by atoms with Gasteiger partial charge in [-0.1, -0.05) is 24.3 Å². The van der Waals surface area contributed by atoms with Crippen molar-refractivity contribution in [1.82, 2.24) is 45.0 Å². The quantitative estimate of drug-likeness (QED) is 0.173. The molecular formula is C37H42N10O6. The van der Waals surface area contributed by atoms with Gasteiger partial charge in [-0.3, -0.25) is 9.59 Å². The molecule has 53 heavy (non-hydrogen) atoms. The lowest BCUT2D eigenvalue weighted by atomic mass is 10.1. The third kappa shape index (κ3) is 7.17. The number of carbonyl (C=O) groups is 4. The van der Waals surface area contributed by atoms with Crippen LogP contribution in [0.25, 0.3) is 33.9 Å². The fourth-order valence-corrected chi connectivity index (χ4v) is 7.56. The summed E-state index contributed by atoms with van der Waals surface area (Å²) in [6.45, 7) is 1.17. The largest absolute Gasteiger partial charge is 0.453 e. The fraction of sp³-hybridized carbons (Fsp3) is 0.459. The molecule has 0 radical (unpaired) electrons. The van der Waals surface area contributed by atoms with E-state index in [9.17, 15) is 19.2 Å². The minimum absolute atomic E-state index is 0.0183. The molecule has 5 N–H and O–H groups in total. The summed E-state index contributed by atoms with van der Waals surface area (Å²) in [5, 5.41) is 2.74. The lowest BCUT2D eigenvalue weighted by Crippen LogP contribution is -2.49. The second-order valence-electron chi connectivity index (χ2n) is 14.3. The molecule has 4 aliphatic rings. The van der Waals surface area contributed by atoms with Gasteiger partial charge in [0.25, 0.3) is 5.91 Å². The number of carbonyl (C=O) groups excluding carboxylic acids is 4. The van der Waals surface area contributed by atoms with E-state index in [1.807, 2.05) is 29.2 Å². The van der Waals surface area contributed by atoms with Crippen LogP contribution >= 0.6 is 0 Å². The number of hydrogen-bond acceptors (Lipinski definition) is 10. The number of imidazole rings is 2. The van der Waals surface area contributed by atoms with Gasteiger partial charge in [0.1, 0.15) is 17.7 Å². The Morgan fingerprint density at radius 2 is 1.28 bits per heavy atom. The molecule has 0 unspecified atom stereocenters. The summed E-state index contributed by atoms with van der Waals surface area (Å²) in [5.41, 5.74) is 9.34. The maximum Gasteiger partial charge on any atom is 0.407 e. The molecule has 3 aromatic heterocycles. The smallest absolute Gasteiger partial charge is 0.407 e. The van der Waals surface area contributed by atoms with Gasteiger partial charge in [-0.05, 0) is 62.8 Å². The molecule has 8 rings (SSSR count). The van der Waals surface area contributed by atoms with E-state index in [1.165, 1.54) is 7.11 Å². The number of nitrogens with one attached hydrogen (secondary N) is 3. The Balaban J connectivity index is 0.914. The summed E-state index contributed by atoms with van der Waals surface area (Å²) in [4.78, 5) is 79.1. The first-order chi connectivity index (χ1) is 25.8. The molecule has 16 heteroatoms. The van der Waals surface area contributed by atoms with Crippen LogP contribution in [0.5, 0.6) is 0 Å². The zero-order valence-electron chi connectivity index (χ0n) is 29.4. The van der Waals surface area contributed by atoms with Gasteiger partial charge in [0.05, 0.1) is 43.0 Å². The van der Waals surface area contributed by atoms with Gasteiger partial charge in [0.2, 0.25) is 5.91 Å². The molecule has 0 bridgehead atoms. The summed E-state index contributed by atoms with van der Waals surface area (Å²) in [5.74, 6) is 1.77. The van der Waals surface area contributed by atoms with Crippen molar-refractivity contribution in [3.8, 4) is 33.9 Å². The number of amides is 4. The minimum atomic E-state index is -0.935. The van der Waals surface area contributed by atoms with Crippen molar-refractivity contribution in [2.75, 3.05) is 20.2 Å². The number of methoxy groups -OCH3 is 1. The molecule has 2 saturated carbocycles. The number of ether oxygens (including phenoxy) is 2. The molecule has 2 saturated heterocycles. The third-order valence-electron chi connectivity index (χ3n) is 10.7. The van der Waals surface area contributed by atoms with Crippen molar-refractivity contribution in [2.24, 2.45) is 17.6 Å². The first-order valence-corrected chi connectivity index (χ1v) is 18.2. The highest BCUT2D eigenvalue weighted by molar-refractivity contribution is 5.87. The van der Waals surface area contributed by atoms with E-state index in [1.54, 1.807) is 29.7 Å². The molecule has 4 atom stereocenters. The van der Waals surface area contributed by atoms with E-state index in [0.717, 1.165) is 85.3 Å². The van der Waals surface area contributed by atoms with Gasteiger partial charge in [0, 0.05) is 42.5 Å². The summed E-state index contributed by atoms with van der Waals surface area (Å²) in [6.07, 6.45) is 11.3. The van der Waals surface area contributed by atoms with Crippen LogP contribution in [0.3, 0.4) is 0 Å². The van der Waals surface area contributed by atoms with Gasteiger partial charge in [-0.2, -0.15) is 0 Å². The summed E-state index contributed by atoms with van der Waals surface area (Å²) < 4.78 is 9.98. The van der Waals surface area contributed by atoms with E-state index in [2.05, 4.69) is 35.2 Å². The topological polar surface area (TPSA) is 214 Å². The summed E-state index contributed by atoms with van der Waals surface area (Å²) >= 11 is 0. The van der Waals surface area contributed by atoms with Crippen LogP contribution in [0.1, 0.15) is 75.1 Å². The van der Waals surface area contributed by atoms with Crippen molar-refractivity contribution in [2.45, 2.75) is 75.6 Å². The van der Waals surface area contributed by atoms with Gasteiger partial charge >= 0.3 is 12.2 Å². The zero-order chi connectivity index (χ0) is 36.6. The monoisotopic (exact) mass is 722 g/mol. The number of aromatic nitrogens is 6. The van der Waals surface area contributed by atoms with E-state index < -0.39 is 24.3 Å². The molecular weight excluding hydrogens is 680 g/mol. The number of hydrogen-bond donors (Lipinski definition) is 4. The number of rotatable bonds is 11. The van der Waals surface area contributed by atoms with Gasteiger partial charge in [0.15, 0.2) is 11.9 Å². The average Bonchev–Trinajstić information content (AvgIpc) is 3.90. The van der Waals surface area contributed by atoms with Crippen LogP contribution in [-0.4, -0.2) is 96.0 Å². The Morgan fingerprint density at radius 3 is 1.83 bits per heavy atom. The highest BCUT2D eigenvalue weighted by atomic mass is 16.6. The maximum atomic E-state index is 13.5. The van der Waals surface area contributed by atoms with Crippen LogP contribution < -0.4 is 11.1 Å². The molecule has 4 fully saturated rings. The van der Waals surface area contributed by atoms with Crippen molar-refractivity contribution in [3.63, 3.8) is 0 Å². The molecule has 16 nitrogen and oxygen atoms in total. The molecule has 2 aliphatic carbocycles. The molecule has 0 spiro atoms. The summed E-state index contributed by atoms with van der Waals surface area (Å²) in [7, 11) is 1.30. The number of benzene rings is 1. The van der Waals surface area contributed by atoms with Crippen molar-refractivity contribution >= 4 is 24.0 Å². The predicted molar refractivity (Wildman–Crippen MR) is 189 cm³/mol. The van der Waals surface area contributed by atoms with Crippen LogP contribution in [-0.2, 0) is 19.1 Å². The Hall–Kier alpha value is -5.80. The minimum Gasteiger partial charge on any atom is -0.453 e. The molecule has 4 aromatic rings. The standard InChI is InChI=1S/C37H42N10O6/c1-52-37(51)45-29(21-8-9-21)34(48)46-14-2-4-27(46)32-41-18-25(43-32)20-6-12-23(13-7-20)31-39-16-24(17-40-31)26-19-42-33(44-26)28-5-3-15-47(28)35(49)30(22-10-11-22)53-36(38)50/h6-7,12-13,16-19,21-22,27-30H,2-5,8-11,14-15H2,1H3,(H2,38,50)(H,41,43)(H,42,44)(H,45,51)/t27-,28-,29-,30-/m0/s1. The highest BCUT2D eigenvalue weighted by Crippen LogP contribution is 2.40. The highest BCUT2D eigenvalue weighted by Gasteiger charge is 2.45. The van der Waals surface area contributed by atoms with E-state index >= 15 is 0 Å². The summed E-state index contributed by atoms with van der Waals surface area (Å²) in [6, 6.07) is 6.81. The normalized spacial score (nSPS) is 20.9. The number of primary amides is 1. The Kier molecular flexibility index (Phi) is 9.26. The maximum absolute atomic E-state index is 13.5. The predicted octanol–water partition coefficient (Wildman–Crippen LogP) is 4.26. The molecule has 5 heterocycles. The van der Waals surface area contributed by atoms with Crippen molar-refractivity contribution in [1.29, 1.82) is 0 Å². The van der Waals surface area contributed by atoms with Gasteiger partial charge in [-0.15, -0.1) is 0 Å². The number of H-pyrrole nitrogens is 2. The van der Waals surface area contributed by atoms with Gasteiger partial charge in [-0.25, -0.2) is 29.5 Å². The lowest BCUT2D eigenvalue weighted by molar-refractivity contribution is -0.142. The lowest BCUT2D eigenvalue weighted by Gasteiger charge is -2.28. The fourth-order valence-electron chi connectivity index (χ4n) is 7.56. The van der Waals surface area contributed by atoms with Crippen molar-refractivity contribution in [3.05, 3.63) is 60.7 Å². The average molecular weight is 723 g/mol. The Morgan fingerprint density at radius 1 is 0.736 bits per heavy atom. The number of nitrogens with two attached hydrogens (primary N) is 1. The second kappa shape index (κ2) is 14.3. The molecule has 276 valence electrons. The van der Waals surface area contributed by atoms with Crippen LogP contribution in [0.2, 0.25) is 0 Å². The molecule has 4 amide bonds. The Bertz CT molecular complexity index is 1990. The number of nitrogens with zero attached hydrogens (tertiary/aromatic N) is 6. The van der Waals surface area contributed by atoms with E-state index in [0.29, 0.717) is 24.7 Å². The van der Waals surface area contributed by atoms with Crippen LogP contribution in [0.15, 0.2) is 49.1 Å². The van der Waals surface area contributed by atoms with Crippen LogP contribution in [0.4, 0.5) is 9.59 Å². The number of alkyl carbamates (subject to hydrolysis) is 1. The number of aromatic amines is 2. The third-order valence-corrected chi connectivity index (χ3v) is 10.7. The van der Waals surface area contributed by atoms with Crippen LogP contribution in [0, 0.1) is 11.8 Å². The Labute approximate surface area is 305 Å². The van der Waals surface area contributed by atoms with E-state index in [-0.39, 0.29) is 35.7 Å². The second-order valence-corrected chi connectivity index (χ2v) is 14.3. The van der Waals surface area contributed by atoms with Gasteiger partial charge < -0.3 is 40.3 Å². The first kappa shape index (κ1) is 34.3.